The van der Waals surface area contributed by atoms with Gasteiger partial charge in [-0.25, -0.2) is 0 Å². The van der Waals surface area contributed by atoms with E-state index in [1.807, 2.05) is 12.1 Å². The third-order valence-electron chi connectivity index (χ3n) is 13.9. The van der Waals surface area contributed by atoms with Gasteiger partial charge in [-0.2, -0.15) is 0 Å². The summed E-state index contributed by atoms with van der Waals surface area (Å²) in [6.07, 6.45) is 6.94. The van der Waals surface area contributed by atoms with Gasteiger partial charge in [0, 0.05) is 36.2 Å². The number of amides is 4. The molecule has 7 aliphatic carbocycles. The number of furan rings is 1. The van der Waals surface area contributed by atoms with Crippen molar-refractivity contribution in [2.45, 2.75) is 70.0 Å². The molecule has 7 aliphatic rings. The van der Waals surface area contributed by atoms with Crippen LogP contribution in [0.25, 0.3) is 11.0 Å². The number of Topliss-reactive ketones (excluding diaryl/α,β-unsaturated/α-hetero) is 1. The molecule has 4 amide bonds. The standard InChI is InChI=1S/C39H43N5O7/c1-18-20-6-3-4-8-29(20)51-34(18)37(49)41-26(9-10-28(45)36(48)40-2)35(47)42-27-7-5-11-44(38(27)50)17-30(46)43-39-14-23-21-12-19-13-22-25(16-39)33(24(21)15-39)31(19)32(22)23/h3-8,11,19,21-26,31-33H,9-10,12-17H2,1-2H3,(H,40,48)(H,41,49)(H,42,47)(H,43,46)/t19?,21?,22?,23-,24?,25-,26-,31?,32?,33?,39-/m0/s1. The molecule has 51 heavy (non-hydrogen) atoms. The number of carbonyl (C=O) groups is 5. The number of likely N-dealkylation sites (N-methyl/N-ethyl adjacent to an activating group) is 1. The van der Waals surface area contributed by atoms with Crippen LogP contribution in [0.1, 0.15) is 61.1 Å². The maximum absolute atomic E-state index is 13.6. The summed E-state index contributed by atoms with van der Waals surface area (Å²) in [5.74, 6) is 4.25. The maximum atomic E-state index is 13.6. The van der Waals surface area contributed by atoms with Crippen molar-refractivity contribution in [3.63, 3.8) is 0 Å². The van der Waals surface area contributed by atoms with Gasteiger partial charge in [0.15, 0.2) is 5.76 Å². The predicted octanol–water partition coefficient (Wildman–Crippen LogP) is 3.17. The van der Waals surface area contributed by atoms with Gasteiger partial charge in [-0.3, -0.25) is 28.8 Å². The van der Waals surface area contributed by atoms with Crippen molar-refractivity contribution < 1.29 is 28.4 Å². The molecule has 11 atom stereocenters. The molecule has 0 saturated heterocycles. The van der Waals surface area contributed by atoms with Gasteiger partial charge in [0.1, 0.15) is 23.9 Å². The minimum atomic E-state index is -1.29. The zero-order chi connectivity index (χ0) is 35.3. The fourth-order valence-electron chi connectivity index (χ4n) is 12.4. The molecular weight excluding hydrogens is 650 g/mol. The smallest absolute Gasteiger partial charge is 0.287 e. The minimum absolute atomic E-state index is 0.0100. The first-order valence-corrected chi connectivity index (χ1v) is 18.4. The highest BCUT2D eigenvalue weighted by Gasteiger charge is 2.76. The molecule has 2 aromatic heterocycles. The number of nitrogens with zero attached hydrogens (tertiary/aromatic N) is 1. The molecule has 9 bridgehead atoms. The summed E-state index contributed by atoms with van der Waals surface area (Å²) in [6.45, 7) is 1.55. The number of pyridine rings is 1. The number of anilines is 1. The molecule has 2 heterocycles. The van der Waals surface area contributed by atoms with Gasteiger partial charge in [-0.05, 0) is 117 Å². The van der Waals surface area contributed by atoms with Crippen LogP contribution >= 0.6 is 0 Å². The van der Waals surface area contributed by atoms with Gasteiger partial charge >= 0.3 is 0 Å². The van der Waals surface area contributed by atoms with Crippen LogP contribution in [-0.2, 0) is 25.7 Å². The molecule has 10 rings (SSSR count). The van der Waals surface area contributed by atoms with Crippen LogP contribution in [0.15, 0.2) is 51.8 Å². The van der Waals surface area contributed by atoms with Crippen molar-refractivity contribution in [1.82, 2.24) is 20.5 Å². The summed E-state index contributed by atoms with van der Waals surface area (Å²) < 4.78 is 7.06. The Bertz CT molecular complexity index is 2060. The molecule has 0 aliphatic heterocycles. The van der Waals surface area contributed by atoms with E-state index < -0.39 is 35.1 Å². The lowest BCUT2D eigenvalue weighted by Crippen LogP contribution is -2.66. The molecule has 0 radical (unpaired) electrons. The Kier molecular flexibility index (Phi) is 7.35. The summed E-state index contributed by atoms with van der Waals surface area (Å²) in [5.41, 5.74) is 0.246. The van der Waals surface area contributed by atoms with E-state index in [1.165, 1.54) is 36.7 Å². The number of ketones is 1. The van der Waals surface area contributed by atoms with Gasteiger partial charge in [0.05, 0.1) is 0 Å². The molecule has 0 spiro atoms. The number of fused-ring (bicyclic) bond motifs is 3. The monoisotopic (exact) mass is 693 g/mol. The molecule has 7 saturated carbocycles. The number of hydrogen-bond donors (Lipinski definition) is 4. The van der Waals surface area contributed by atoms with Crippen LogP contribution in [0.4, 0.5) is 5.69 Å². The summed E-state index contributed by atoms with van der Waals surface area (Å²) in [5, 5.41) is 11.7. The van der Waals surface area contributed by atoms with E-state index in [2.05, 4.69) is 21.3 Å². The largest absolute Gasteiger partial charge is 0.451 e. The third-order valence-corrected chi connectivity index (χ3v) is 13.9. The van der Waals surface area contributed by atoms with Crippen LogP contribution < -0.4 is 26.8 Å². The number of benzene rings is 1. The highest BCUT2D eigenvalue weighted by atomic mass is 16.3. The average Bonchev–Trinajstić information content (AvgIpc) is 3.70. The van der Waals surface area contributed by atoms with E-state index in [0.29, 0.717) is 11.1 Å². The fourth-order valence-corrected chi connectivity index (χ4v) is 12.4. The number of hydrogen-bond acceptors (Lipinski definition) is 7. The number of para-hydroxylation sites is 1. The Balaban J connectivity index is 0.896. The number of aryl methyl sites for hydroxylation is 1. The van der Waals surface area contributed by atoms with E-state index in [0.717, 1.165) is 77.9 Å². The van der Waals surface area contributed by atoms with Crippen molar-refractivity contribution in [2.75, 3.05) is 12.4 Å². The van der Waals surface area contributed by atoms with E-state index in [1.54, 1.807) is 25.1 Å². The minimum Gasteiger partial charge on any atom is -0.451 e. The maximum Gasteiger partial charge on any atom is 0.287 e. The van der Waals surface area contributed by atoms with Crippen molar-refractivity contribution in [3.05, 3.63) is 64.3 Å². The Hall–Kier alpha value is -4.74. The van der Waals surface area contributed by atoms with Gasteiger partial charge in [-0.15, -0.1) is 0 Å². The van der Waals surface area contributed by atoms with Gasteiger partial charge in [0.2, 0.25) is 17.6 Å². The Morgan fingerprint density at radius 1 is 0.922 bits per heavy atom. The number of rotatable bonds is 11. The van der Waals surface area contributed by atoms with Gasteiger partial charge in [0.25, 0.3) is 17.4 Å². The second-order valence-electron chi connectivity index (χ2n) is 16.2. The van der Waals surface area contributed by atoms with E-state index >= 15 is 0 Å². The molecule has 3 aromatic rings. The number of nitrogens with one attached hydrogen (secondary N) is 4. The Labute approximate surface area is 294 Å². The summed E-state index contributed by atoms with van der Waals surface area (Å²) >= 11 is 0. The third kappa shape index (κ3) is 4.92. The quantitative estimate of drug-likeness (QED) is 0.224. The molecule has 12 heteroatoms. The lowest BCUT2D eigenvalue weighted by atomic mass is 9.41. The molecule has 266 valence electrons. The molecule has 7 unspecified atom stereocenters. The molecule has 12 nitrogen and oxygen atoms in total. The summed E-state index contributed by atoms with van der Waals surface area (Å²) in [4.78, 5) is 78.5. The first-order valence-electron chi connectivity index (χ1n) is 18.4. The lowest BCUT2D eigenvalue weighted by Gasteiger charge is -2.65. The predicted molar refractivity (Wildman–Crippen MR) is 185 cm³/mol. The van der Waals surface area contributed by atoms with E-state index in [9.17, 15) is 28.8 Å². The zero-order valence-corrected chi connectivity index (χ0v) is 28.8. The SMILES string of the molecule is CNC(=O)C(=O)CC[C@H](NC(=O)c1oc2ccccc2c1C)C(=O)Nc1cccn(CC(=O)N[C@@]23CC4C5CC6CC7C(C6C4[C@H]7C2)[C@H]5C3)c1=O. The second-order valence-corrected chi connectivity index (χ2v) is 16.2. The first-order chi connectivity index (χ1) is 24.6. The molecule has 1 aromatic carbocycles. The number of aromatic nitrogens is 1. The van der Waals surface area contributed by atoms with Crippen LogP contribution in [0.2, 0.25) is 0 Å². The van der Waals surface area contributed by atoms with Crippen molar-refractivity contribution in [3.8, 4) is 0 Å². The average molecular weight is 694 g/mol. The summed E-state index contributed by atoms with van der Waals surface area (Å²) in [7, 11) is 1.33. The molecular formula is C39H43N5O7. The highest BCUT2D eigenvalue weighted by Crippen LogP contribution is 2.80. The van der Waals surface area contributed by atoms with Crippen LogP contribution in [-0.4, -0.2) is 52.6 Å². The van der Waals surface area contributed by atoms with Gasteiger partial charge in [-0.1, -0.05) is 18.2 Å². The highest BCUT2D eigenvalue weighted by molar-refractivity contribution is 6.36. The second kappa shape index (κ2) is 11.6. The van der Waals surface area contributed by atoms with E-state index in [4.69, 9.17) is 4.42 Å². The normalized spacial score (nSPS) is 33.4. The van der Waals surface area contributed by atoms with Gasteiger partial charge < -0.3 is 30.3 Å². The number of carbonyl (C=O) groups excluding carboxylic acids is 5. The fraction of sp³-hybridized carbons (Fsp3) is 0.538. The summed E-state index contributed by atoms with van der Waals surface area (Å²) in [6, 6.07) is 8.87. The molecule has 7 fully saturated rings. The van der Waals surface area contributed by atoms with Crippen molar-refractivity contribution in [2.24, 2.45) is 53.3 Å². The van der Waals surface area contributed by atoms with Crippen LogP contribution in [0, 0.1) is 60.2 Å². The first kappa shape index (κ1) is 32.2. The lowest BCUT2D eigenvalue weighted by molar-refractivity contribution is -0.157. The van der Waals surface area contributed by atoms with Crippen molar-refractivity contribution >= 4 is 46.1 Å². The Morgan fingerprint density at radius 2 is 1.63 bits per heavy atom. The topological polar surface area (TPSA) is 169 Å². The molecule has 4 N–H and O–H groups in total. The van der Waals surface area contributed by atoms with Crippen LogP contribution in [0.5, 0.6) is 0 Å². The van der Waals surface area contributed by atoms with Crippen molar-refractivity contribution in [1.29, 1.82) is 0 Å². The Morgan fingerprint density at radius 3 is 2.37 bits per heavy atom. The zero-order valence-electron chi connectivity index (χ0n) is 28.8. The van der Waals surface area contributed by atoms with Crippen LogP contribution in [0.3, 0.4) is 0 Å². The van der Waals surface area contributed by atoms with E-state index in [-0.39, 0.29) is 42.3 Å².